The van der Waals surface area contributed by atoms with Gasteiger partial charge in [0.1, 0.15) is 5.75 Å². The van der Waals surface area contributed by atoms with Crippen molar-refractivity contribution in [3.8, 4) is 5.75 Å². The summed E-state index contributed by atoms with van der Waals surface area (Å²) in [5.41, 5.74) is 7.75. The van der Waals surface area contributed by atoms with Crippen LogP contribution in [-0.4, -0.2) is 33.7 Å². The highest BCUT2D eigenvalue weighted by atomic mass is 16.3. The number of anilines is 2. The van der Waals surface area contributed by atoms with Crippen molar-refractivity contribution in [2.24, 2.45) is 23.7 Å². The SMILES string of the molecule is C=Cc1ccc(N2C(=O)C3CC=C4C(CC5C(=O)N(Nc6ccc(C)cc6)C(=O)C5(c5ccccc5)C4c4ccc(O)c(C)c4)C3C2=O)cc1. The van der Waals surface area contributed by atoms with E-state index in [-0.39, 0.29) is 35.8 Å². The highest BCUT2D eigenvalue weighted by Crippen LogP contribution is 2.64. The van der Waals surface area contributed by atoms with E-state index in [2.05, 4.69) is 12.0 Å². The molecule has 0 bridgehead atoms. The Morgan fingerprint density at radius 2 is 1.56 bits per heavy atom. The predicted molar refractivity (Wildman–Crippen MR) is 191 cm³/mol. The molecule has 2 heterocycles. The van der Waals surface area contributed by atoms with Crippen LogP contribution >= 0.6 is 0 Å². The van der Waals surface area contributed by atoms with Gasteiger partial charge < -0.3 is 5.11 Å². The molecule has 6 atom stereocenters. The Bertz CT molecular complexity index is 2110. The van der Waals surface area contributed by atoms with E-state index in [1.54, 1.807) is 31.2 Å². The first kappa shape index (κ1) is 31.5. The summed E-state index contributed by atoms with van der Waals surface area (Å²) in [5.74, 6) is -4.44. The van der Waals surface area contributed by atoms with Crippen LogP contribution in [0.3, 0.4) is 0 Å². The minimum Gasteiger partial charge on any atom is -0.508 e. The minimum atomic E-state index is -1.36. The second-order valence-electron chi connectivity index (χ2n) is 13.9. The molecule has 2 saturated heterocycles. The van der Waals surface area contributed by atoms with Crippen LogP contribution in [0.25, 0.3) is 6.08 Å². The Morgan fingerprint density at radius 3 is 2.24 bits per heavy atom. The number of nitrogens with one attached hydrogen (secondary N) is 1. The molecule has 2 N–H and O–H groups in total. The van der Waals surface area contributed by atoms with Crippen molar-refractivity contribution in [3.05, 3.63) is 143 Å². The maximum atomic E-state index is 15.2. The first-order chi connectivity index (χ1) is 24.1. The molecule has 4 aliphatic rings. The molecule has 8 rings (SSSR count). The molecule has 2 aliphatic carbocycles. The largest absolute Gasteiger partial charge is 0.508 e. The molecule has 2 aliphatic heterocycles. The number of allylic oxidation sites excluding steroid dienone is 2. The Balaban J connectivity index is 1.30. The Kier molecular flexibility index (Phi) is 7.37. The fourth-order valence-corrected chi connectivity index (χ4v) is 8.99. The summed E-state index contributed by atoms with van der Waals surface area (Å²) in [5, 5.41) is 11.7. The van der Waals surface area contributed by atoms with Crippen LogP contribution in [0, 0.1) is 37.5 Å². The molecule has 250 valence electrons. The summed E-state index contributed by atoms with van der Waals surface area (Å²) < 4.78 is 0. The topological polar surface area (TPSA) is 107 Å². The van der Waals surface area contributed by atoms with Crippen molar-refractivity contribution < 1.29 is 24.3 Å². The number of rotatable bonds is 6. The molecule has 4 amide bonds. The number of aryl methyl sites for hydroxylation is 2. The van der Waals surface area contributed by atoms with E-state index in [9.17, 15) is 19.5 Å². The van der Waals surface area contributed by atoms with Gasteiger partial charge in [-0.15, -0.1) is 0 Å². The molecule has 4 aromatic rings. The zero-order valence-corrected chi connectivity index (χ0v) is 27.9. The quantitative estimate of drug-likeness (QED) is 0.173. The van der Waals surface area contributed by atoms with Gasteiger partial charge in [-0.25, -0.2) is 0 Å². The number of amides is 4. The third-order valence-corrected chi connectivity index (χ3v) is 11.3. The summed E-state index contributed by atoms with van der Waals surface area (Å²) in [6.45, 7) is 7.57. The highest BCUT2D eigenvalue weighted by Gasteiger charge is 2.70. The molecular weight excluding hydrogens is 626 g/mol. The van der Waals surface area contributed by atoms with Crippen LogP contribution in [0.15, 0.2) is 115 Å². The van der Waals surface area contributed by atoms with Gasteiger partial charge in [0.2, 0.25) is 11.8 Å². The molecule has 0 radical (unpaired) electrons. The molecular formula is C42H37N3O5. The Labute approximate surface area is 290 Å². The van der Waals surface area contributed by atoms with Crippen molar-refractivity contribution in [2.75, 3.05) is 10.3 Å². The normalized spacial score (nSPS) is 27.1. The molecule has 0 spiro atoms. The second kappa shape index (κ2) is 11.7. The van der Waals surface area contributed by atoms with Crippen molar-refractivity contribution in [1.82, 2.24) is 5.01 Å². The number of fused-ring (bicyclic) bond motifs is 4. The number of nitrogens with zero attached hydrogens (tertiary/aromatic N) is 2. The minimum absolute atomic E-state index is 0.121. The van der Waals surface area contributed by atoms with Crippen LogP contribution in [0.2, 0.25) is 0 Å². The zero-order valence-electron chi connectivity index (χ0n) is 27.9. The van der Waals surface area contributed by atoms with Gasteiger partial charge in [0, 0.05) is 5.92 Å². The molecule has 6 unspecified atom stereocenters. The lowest BCUT2D eigenvalue weighted by molar-refractivity contribution is -0.138. The zero-order chi connectivity index (χ0) is 34.9. The molecule has 4 aromatic carbocycles. The molecule has 0 aromatic heterocycles. The molecule has 50 heavy (non-hydrogen) atoms. The smallest absolute Gasteiger partial charge is 0.260 e. The standard InChI is InChI=1S/C42H37N3O5/c1-4-26-12-17-30(18-13-26)44-38(47)32-20-19-31-33(36(32)40(44)49)23-34-39(48)45(43-29-15-10-24(2)11-16-29)41(50)42(34,28-8-6-5-7-9-28)37(31)27-14-21-35(46)25(3)22-27/h4-19,21-22,32-34,36-37,43,46H,1,20,23H2,2-3H3. The van der Waals surface area contributed by atoms with Crippen LogP contribution in [0.5, 0.6) is 5.75 Å². The van der Waals surface area contributed by atoms with Gasteiger partial charge in [0.25, 0.3) is 11.8 Å². The number of phenolic OH excluding ortho intramolecular Hbond substituents is 1. The number of hydrogen-bond acceptors (Lipinski definition) is 6. The Morgan fingerprint density at radius 1 is 0.840 bits per heavy atom. The first-order valence-electron chi connectivity index (χ1n) is 17.0. The molecule has 8 heteroatoms. The number of hydrogen-bond donors (Lipinski definition) is 2. The van der Waals surface area contributed by atoms with E-state index in [0.29, 0.717) is 28.9 Å². The van der Waals surface area contributed by atoms with Crippen molar-refractivity contribution in [1.29, 1.82) is 0 Å². The summed E-state index contributed by atoms with van der Waals surface area (Å²) >= 11 is 0. The highest BCUT2D eigenvalue weighted by molar-refractivity contribution is 6.22. The second-order valence-corrected chi connectivity index (χ2v) is 13.9. The van der Waals surface area contributed by atoms with E-state index in [1.165, 1.54) is 4.90 Å². The number of benzene rings is 4. The lowest BCUT2D eigenvalue weighted by Crippen LogP contribution is -2.53. The predicted octanol–water partition coefficient (Wildman–Crippen LogP) is 6.84. The lowest BCUT2D eigenvalue weighted by atomic mass is 9.49. The summed E-state index contributed by atoms with van der Waals surface area (Å²) in [6, 6.07) is 29.4. The Hall–Kier alpha value is -5.76. The third-order valence-electron chi connectivity index (χ3n) is 11.3. The van der Waals surface area contributed by atoms with E-state index < -0.39 is 35.0 Å². The van der Waals surface area contributed by atoms with Gasteiger partial charge in [-0.1, -0.05) is 96.6 Å². The van der Waals surface area contributed by atoms with Gasteiger partial charge in [-0.2, -0.15) is 5.01 Å². The number of carbonyl (C=O) groups is 4. The van der Waals surface area contributed by atoms with Gasteiger partial charge >= 0.3 is 0 Å². The molecule has 3 fully saturated rings. The maximum absolute atomic E-state index is 15.2. The third kappa shape index (κ3) is 4.51. The summed E-state index contributed by atoms with van der Waals surface area (Å²) in [4.78, 5) is 59.8. The number of hydrazine groups is 1. The van der Waals surface area contributed by atoms with E-state index in [0.717, 1.165) is 27.3 Å². The van der Waals surface area contributed by atoms with Crippen LogP contribution < -0.4 is 10.3 Å². The fourth-order valence-electron chi connectivity index (χ4n) is 8.99. The van der Waals surface area contributed by atoms with Crippen molar-refractivity contribution >= 4 is 41.1 Å². The first-order valence-corrected chi connectivity index (χ1v) is 17.0. The monoisotopic (exact) mass is 663 g/mol. The van der Waals surface area contributed by atoms with Crippen LogP contribution in [-0.2, 0) is 24.6 Å². The average molecular weight is 664 g/mol. The molecule has 1 saturated carbocycles. The van der Waals surface area contributed by atoms with E-state index >= 15 is 4.79 Å². The average Bonchev–Trinajstić information content (AvgIpc) is 3.51. The lowest BCUT2D eigenvalue weighted by Gasteiger charge is -2.50. The number of phenols is 1. The summed E-state index contributed by atoms with van der Waals surface area (Å²) in [7, 11) is 0. The van der Waals surface area contributed by atoms with Crippen LogP contribution in [0.1, 0.15) is 46.6 Å². The maximum Gasteiger partial charge on any atom is 0.260 e. The van der Waals surface area contributed by atoms with Crippen molar-refractivity contribution in [3.63, 3.8) is 0 Å². The van der Waals surface area contributed by atoms with E-state index in [1.807, 2.05) is 91.9 Å². The summed E-state index contributed by atoms with van der Waals surface area (Å²) in [6.07, 6.45) is 4.30. The number of imide groups is 2. The fraction of sp³-hybridized carbons (Fsp3) is 0.238. The van der Waals surface area contributed by atoms with Gasteiger partial charge in [0.05, 0.1) is 34.5 Å². The van der Waals surface area contributed by atoms with Gasteiger partial charge in [-0.05, 0) is 85.2 Å². The molecule has 8 nitrogen and oxygen atoms in total. The van der Waals surface area contributed by atoms with E-state index in [4.69, 9.17) is 0 Å². The number of carbonyl (C=O) groups excluding carboxylic acids is 4. The van der Waals surface area contributed by atoms with Crippen LogP contribution in [0.4, 0.5) is 11.4 Å². The number of aromatic hydroxyl groups is 1. The van der Waals surface area contributed by atoms with Crippen molar-refractivity contribution in [2.45, 2.75) is 38.0 Å². The van der Waals surface area contributed by atoms with Gasteiger partial charge in [-0.3, -0.25) is 29.5 Å². The van der Waals surface area contributed by atoms with Gasteiger partial charge in [0.15, 0.2) is 0 Å².